The zero-order valence-corrected chi connectivity index (χ0v) is 15.0. The summed E-state index contributed by atoms with van der Waals surface area (Å²) in [5.74, 6) is 0.801. The van der Waals surface area contributed by atoms with Gasteiger partial charge in [-0.15, -0.1) is 0 Å². The minimum atomic E-state index is -0.917. The Bertz CT molecular complexity index is 840. The summed E-state index contributed by atoms with van der Waals surface area (Å²) in [5.41, 5.74) is 2.29. The largest absolute Gasteiger partial charge is 0.494 e. The highest BCUT2D eigenvalue weighted by Crippen LogP contribution is 2.23. The van der Waals surface area contributed by atoms with Crippen molar-refractivity contribution < 1.29 is 19.4 Å². The van der Waals surface area contributed by atoms with Gasteiger partial charge in [-0.1, -0.05) is 42.5 Å². The fourth-order valence-electron chi connectivity index (χ4n) is 2.65. The minimum absolute atomic E-state index is 0.287. The molecule has 0 spiro atoms. The minimum Gasteiger partial charge on any atom is -0.494 e. The molecule has 0 aromatic heterocycles. The molecule has 4 heteroatoms. The summed E-state index contributed by atoms with van der Waals surface area (Å²) < 4.78 is 11.4. The molecule has 0 aliphatic heterocycles. The van der Waals surface area contributed by atoms with Gasteiger partial charge in [0.15, 0.2) is 0 Å². The molecule has 0 atom stereocenters. The van der Waals surface area contributed by atoms with Crippen molar-refractivity contribution in [1.82, 2.24) is 0 Å². The highest BCUT2D eigenvalue weighted by atomic mass is 16.5. The first-order valence-corrected chi connectivity index (χ1v) is 8.97. The quantitative estimate of drug-likeness (QED) is 0.526. The van der Waals surface area contributed by atoms with Gasteiger partial charge in [-0.25, -0.2) is 4.79 Å². The number of benzene rings is 3. The molecule has 0 amide bonds. The number of hydrogen-bond acceptors (Lipinski definition) is 3. The van der Waals surface area contributed by atoms with Gasteiger partial charge in [-0.2, -0.15) is 0 Å². The summed E-state index contributed by atoms with van der Waals surface area (Å²) in [6.07, 6.45) is 1.86. The van der Waals surface area contributed by atoms with Crippen molar-refractivity contribution in [2.24, 2.45) is 0 Å². The van der Waals surface area contributed by atoms with Gasteiger partial charge in [0, 0.05) is 0 Å². The Labute approximate surface area is 159 Å². The molecule has 0 fully saturated rings. The Morgan fingerprint density at radius 1 is 0.667 bits per heavy atom. The van der Waals surface area contributed by atoms with Crippen LogP contribution in [0.15, 0.2) is 78.9 Å². The predicted molar refractivity (Wildman–Crippen MR) is 106 cm³/mol. The molecule has 0 saturated carbocycles. The van der Waals surface area contributed by atoms with E-state index in [9.17, 15) is 4.79 Å². The molecule has 0 heterocycles. The molecule has 0 bridgehead atoms. The molecule has 0 radical (unpaired) electrons. The van der Waals surface area contributed by atoms with Gasteiger partial charge in [0.1, 0.15) is 11.5 Å². The van der Waals surface area contributed by atoms with Crippen LogP contribution in [0.25, 0.3) is 11.1 Å². The van der Waals surface area contributed by atoms with Crippen LogP contribution in [0.5, 0.6) is 11.5 Å². The number of rotatable bonds is 9. The second-order valence-electron chi connectivity index (χ2n) is 6.12. The maximum absolute atomic E-state index is 10.9. The summed E-state index contributed by atoms with van der Waals surface area (Å²) in [6, 6.07) is 24.5. The van der Waals surface area contributed by atoms with Crippen molar-refractivity contribution in [2.75, 3.05) is 13.2 Å². The van der Waals surface area contributed by atoms with Gasteiger partial charge < -0.3 is 14.6 Å². The fourth-order valence-corrected chi connectivity index (χ4v) is 2.65. The zero-order chi connectivity index (χ0) is 18.9. The van der Waals surface area contributed by atoms with E-state index in [0.717, 1.165) is 35.5 Å². The van der Waals surface area contributed by atoms with Gasteiger partial charge >= 0.3 is 5.97 Å². The van der Waals surface area contributed by atoms with Crippen LogP contribution in [-0.4, -0.2) is 24.3 Å². The lowest BCUT2D eigenvalue weighted by Crippen LogP contribution is -2.02. The maximum Gasteiger partial charge on any atom is 0.335 e. The number of ether oxygens (including phenoxy) is 2. The Kier molecular flexibility index (Phi) is 6.47. The van der Waals surface area contributed by atoms with Crippen LogP contribution in [0, 0.1) is 0 Å². The van der Waals surface area contributed by atoms with E-state index in [1.807, 2.05) is 66.7 Å². The van der Waals surface area contributed by atoms with E-state index >= 15 is 0 Å². The van der Waals surface area contributed by atoms with Crippen LogP contribution in [-0.2, 0) is 0 Å². The SMILES string of the molecule is O=C(O)c1ccc(-c2ccc(OCCCCOc3ccccc3)cc2)cc1. The number of carboxylic acids is 1. The van der Waals surface area contributed by atoms with Crippen molar-refractivity contribution in [2.45, 2.75) is 12.8 Å². The third kappa shape index (κ3) is 5.61. The summed E-state index contributed by atoms with van der Waals surface area (Å²) >= 11 is 0. The molecule has 0 saturated heterocycles. The molecule has 0 unspecified atom stereocenters. The van der Waals surface area contributed by atoms with E-state index in [4.69, 9.17) is 14.6 Å². The molecule has 1 N–H and O–H groups in total. The Hall–Kier alpha value is -3.27. The average molecular weight is 362 g/mol. The zero-order valence-electron chi connectivity index (χ0n) is 15.0. The predicted octanol–water partition coefficient (Wildman–Crippen LogP) is 5.29. The molecular formula is C23H22O4. The fraction of sp³-hybridized carbons (Fsp3) is 0.174. The molecule has 0 aliphatic carbocycles. The first-order valence-electron chi connectivity index (χ1n) is 8.97. The number of aromatic carboxylic acids is 1. The van der Waals surface area contributed by atoms with E-state index in [0.29, 0.717) is 13.2 Å². The van der Waals surface area contributed by atoms with Crippen LogP contribution in [0.2, 0.25) is 0 Å². The van der Waals surface area contributed by atoms with Crippen molar-refractivity contribution in [3.05, 3.63) is 84.4 Å². The van der Waals surface area contributed by atoms with Gasteiger partial charge in [0.2, 0.25) is 0 Å². The van der Waals surface area contributed by atoms with Crippen molar-refractivity contribution >= 4 is 5.97 Å². The van der Waals surface area contributed by atoms with Crippen LogP contribution in [0.4, 0.5) is 0 Å². The summed E-state index contributed by atoms with van der Waals surface area (Å²) in [4.78, 5) is 10.9. The maximum atomic E-state index is 10.9. The Morgan fingerprint density at radius 3 is 1.67 bits per heavy atom. The molecule has 138 valence electrons. The topological polar surface area (TPSA) is 55.8 Å². The van der Waals surface area contributed by atoms with Crippen molar-refractivity contribution in [1.29, 1.82) is 0 Å². The first kappa shape index (κ1) is 18.5. The monoisotopic (exact) mass is 362 g/mol. The lowest BCUT2D eigenvalue weighted by atomic mass is 10.0. The third-order valence-electron chi connectivity index (χ3n) is 4.14. The second kappa shape index (κ2) is 9.43. The lowest BCUT2D eigenvalue weighted by Gasteiger charge is -2.09. The first-order chi connectivity index (χ1) is 13.2. The van der Waals surface area contributed by atoms with Crippen LogP contribution in [0.1, 0.15) is 23.2 Å². The Morgan fingerprint density at radius 2 is 1.15 bits per heavy atom. The van der Waals surface area contributed by atoms with Crippen LogP contribution in [0.3, 0.4) is 0 Å². The van der Waals surface area contributed by atoms with Crippen molar-refractivity contribution in [3.8, 4) is 22.6 Å². The highest BCUT2D eigenvalue weighted by Gasteiger charge is 2.03. The van der Waals surface area contributed by atoms with E-state index in [-0.39, 0.29) is 5.56 Å². The molecule has 3 aromatic rings. The van der Waals surface area contributed by atoms with E-state index in [1.165, 1.54) is 0 Å². The van der Waals surface area contributed by atoms with Gasteiger partial charge in [-0.3, -0.25) is 0 Å². The van der Waals surface area contributed by atoms with E-state index in [2.05, 4.69) is 0 Å². The molecular weight excluding hydrogens is 340 g/mol. The van der Waals surface area contributed by atoms with Crippen molar-refractivity contribution in [3.63, 3.8) is 0 Å². The number of unbranched alkanes of at least 4 members (excludes halogenated alkanes) is 1. The normalized spacial score (nSPS) is 10.4. The third-order valence-corrected chi connectivity index (χ3v) is 4.14. The molecule has 3 rings (SSSR count). The average Bonchev–Trinajstić information content (AvgIpc) is 2.72. The second-order valence-corrected chi connectivity index (χ2v) is 6.12. The smallest absolute Gasteiger partial charge is 0.335 e. The number of para-hydroxylation sites is 1. The molecule has 4 nitrogen and oxygen atoms in total. The standard InChI is InChI=1S/C23H22O4/c24-23(25)20-10-8-18(9-11-20)19-12-14-22(15-13-19)27-17-5-4-16-26-21-6-2-1-3-7-21/h1-3,6-15H,4-5,16-17H2,(H,24,25). The number of carbonyl (C=O) groups is 1. The Balaban J connectivity index is 1.40. The lowest BCUT2D eigenvalue weighted by molar-refractivity contribution is 0.0697. The number of carboxylic acid groups (broad SMARTS) is 1. The van der Waals surface area contributed by atoms with Gasteiger partial charge in [0.05, 0.1) is 18.8 Å². The number of hydrogen-bond donors (Lipinski definition) is 1. The molecule has 27 heavy (non-hydrogen) atoms. The summed E-state index contributed by atoms with van der Waals surface area (Å²) in [7, 11) is 0. The van der Waals surface area contributed by atoms with Crippen LogP contribution < -0.4 is 9.47 Å². The van der Waals surface area contributed by atoms with Gasteiger partial charge in [0.25, 0.3) is 0 Å². The van der Waals surface area contributed by atoms with Crippen LogP contribution >= 0.6 is 0 Å². The van der Waals surface area contributed by atoms with E-state index in [1.54, 1.807) is 12.1 Å². The summed E-state index contributed by atoms with van der Waals surface area (Å²) in [5, 5.41) is 8.95. The summed E-state index contributed by atoms with van der Waals surface area (Å²) in [6.45, 7) is 1.32. The highest BCUT2D eigenvalue weighted by molar-refractivity contribution is 5.88. The molecule has 3 aromatic carbocycles. The van der Waals surface area contributed by atoms with E-state index < -0.39 is 5.97 Å². The molecule has 0 aliphatic rings. The van der Waals surface area contributed by atoms with Gasteiger partial charge in [-0.05, 0) is 60.4 Å².